The number of nitrogens with two attached hydrogens (primary N) is 1. The van der Waals surface area contributed by atoms with E-state index >= 15 is 0 Å². The third-order valence-electron chi connectivity index (χ3n) is 7.01. The number of carbonyl (C=O) groups excluding carboxylic acids is 2. The zero-order chi connectivity index (χ0) is 25.8. The van der Waals surface area contributed by atoms with Crippen molar-refractivity contribution in [3.8, 4) is 5.75 Å². The highest BCUT2D eigenvalue weighted by atomic mass is 16.3. The lowest BCUT2D eigenvalue weighted by atomic mass is 9.91. The highest BCUT2D eigenvalue weighted by Crippen LogP contribution is 2.35. The molecule has 0 aliphatic carbocycles. The van der Waals surface area contributed by atoms with Gasteiger partial charge in [-0.2, -0.15) is 0 Å². The fourth-order valence-corrected chi connectivity index (χ4v) is 5.09. The number of nitrogens with zero attached hydrogens (tertiary/aromatic N) is 1. The number of carbonyl (C=O) groups is 2. The molecule has 3 aromatic rings. The van der Waals surface area contributed by atoms with Crippen LogP contribution in [0.3, 0.4) is 0 Å². The van der Waals surface area contributed by atoms with Crippen LogP contribution in [-0.2, 0) is 22.4 Å². The van der Waals surface area contributed by atoms with Gasteiger partial charge < -0.3 is 21.1 Å². The molecule has 0 bridgehead atoms. The average molecular weight is 486 g/mol. The summed E-state index contributed by atoms with van der Waals surface area (Å²) in [6.07, 6.45) is 2.22. The average Bonchev–Trinajstić information content (AvgIpc) is 2.86. The Kier molecular flexibility index (Phi) is 7.75. The highest BCUT2D eigenvalue weighted by molar-refractivity contribution is 5.95. The monoisotopic (exact) mass is 485 g/mol. The topological polar surface area (TPSA) is 95.7 Å². The minimum atomic E-state index is -0.724. The number of hydrogen-bond acceptors (Lipinski definition) is 4. The normalized spacial score (nSPS) is 15.8. The maximum absolute atomic E-state index is 13.2. The van der Waals surface area contributed by atoms with Gasteiger partial charge in [0.15, 0.2) is 0 Å². The summed E-state index contributed by atoms with van der Waals surface area (Å²) in [4.78, 5) is 27.7. The number of aryl methyl sites for hydroxylation is 2. The molecule has 6 nitrogen and oxygen atoms in total. The van der Waals surface area contributed by atoms with Crippen molar-refractivity contribution in [1.82, 2.24) is 5.32 Å². The smallest absolute Gasteiger partial charge is 0.237 e. The van der Waals surface area contributed by atoms with Gasteiger partial charge >= 0.3 is 0 Å². The molecule has 2 atom stereocenters. The van der Waals surface area contributed by atoms with Gasteiger partial charge in [0.05, 0.1) is 12.1 Å². The molecule has 0 fully saturated rings. The van der Waals surface area contributed by atoms with E-state index in [1.54, 1.807) is 12.1 Å². The predicted molar refractivity (Wildman–Crippen MR) is 143 cm³/mol. The molecule has 1 aliphatic heterocycles. The largest absolute Gasteiger partial charge is 0.508 e. The lowest BCUT2D eigenvalue weighted by molar-refractivity contribution is -0.123. The van der Waals surface area contributed by atoms with Crippen molar-refractivity contribution >= 4 is 17.5 Å². The second-order valence-corrected chi connectivity index (χ2v) is 9.67. The molecule has 6 heteroatoms. The third kappa shape index (κ3) is 5.60. The Morgan fingerprint density at radius 1 is 1.06 bits per heavy atom. The second-order valence-electron chi connectivity index (χ2n) is 9.67. The molecule has 0 saturated carbocycles. The maximum Gasteiger partial charge on any atom is 0.237 e. The molecule has 36 heavy (non-hydrogen) atoms. The fourth-order valence-electron chi connectivity index (χ4n) is 5.09. The van der Waals surface area contributed by atoms with Crippen molar-refractivity contribution in [2.45, 2.75) is 58.5 Å². The number of rotatable bonds is 7. The van der Waals surface area contributed by atoms with Crippen LogP contribution >= 0.6 is 0 Å². The number of aromatic hydroxyl groups is 1. The molecule has 4 N–H and O–H groups in total. The van der Waals surface area contributed by atoms with E-state index in [9.17, 15) is 14.7 Å². The third-order valence-corrected chi connectivity index (χ3v) is 7.01. The molecule has 1 heterocycles. The highest BCUT2D eigenvalue weighted by Gasteiger charge is 2.30. The zero-order valence-electron chi connectivity index (χ0n) is 21.3. The van der Waals surface area contributed by atoms with E-state index in [0.29, 0.717) is 25.8 Å². The van der Waals surface area contributed by atoms with Gasteiger partial charge in [-0.1, -0.05) is 49.4 Å². The van der Waals surface area contributed by atoms with Crippen LogP contribution in [0.25, 0.3) is 0 Å². The van der Waals surface area contributed by atoms with Crippen molar-refractivity contribution in [3.05, 3.63) is 94.0 Å². The number of amides is 2. The van der Waals surface area contributed by atoms with E-state index in [-0.39, 0.29) is 23.6 Å². The summed E-state index contributed by atoms with van der Waals surface area (Å²) in [7, 11) is 0. The molecule has 3 aromatic carbocycles. The quantitative estimate of drug-likeness (QED) is 0.460. The number of phenolic OH excluding ortho intramolecular Hbond substituents is 1. The van der Waals surface area contributed by atoms with Gasteiger partial charge in [0.25, 0.3) is 0 Å². The molecule has 4 rings (SSSR count). The van der Waals surface area contributed by atoms with E-state index in [2.05, 4.69) is 29.6 Å². The fraction of sp³-hybridized carbons (Fsp3) is 0.333. The summed E-state index contributed by atoms with van der Waals surface area (Å²) in [5.41, 5.74) is 13.3. The summed E-state index contributed by atoms with van der Waals surface area (Å²) < 4.78 is 0. The van der Waals surface area contributed by atoms with Gasteiger partial charge in [0.1, 0.15) is 5.75 Å². The molecular weight excluding hydrogens is 450 g/mol. The number of hydrogen-bond donors (Lipinski definition) is 3. The Hall–Kier alpha value is -3.64. The minimum absolute atomic E-state index is 0.0758. The van der Waals surface area contributed by atoms with Gasteiger partial charge in [-0.3, -0.25) is 9.59 Å². The van der Waals surface area contributed by atoms with Crippen LogP contribution in [0.1, 0.15) is 59.2 Å². The van der Waals surface area contributed by atoms with E-state index < -0.39 is 6.04 Å². The summed E-state index contributed by atoms with van der Waals surface area (Å²) >= 11 is 0. The van der Waals surface area contributed by atoms with E-state index in [0.717, 1.165) is 39.9 Å². The molecular formula is C30H35N3O3. The first kappa shape index (κ1) is 25.5. The predicted octanol–water partition coefficient (Wildman–Crippen LogP) is 4.47. The van der Waals surface area contributed by atoms with E-state index in [1.165, 1.54) is 5.56 Å². The van der Waals surface area contributed by atoms with Crippen LogP contribution in [0.4, 0.5) is 5.69 Å². The number of benzene rings is 3. The Balaban J connectivity index is 1.57. The molecule has 188 valence electrons. The number of fused-ring (bicyclic) bond motifs is 1. The van der Waals surface area contributed by atoms with Crippen LogP contribution < -0.4 is 16.0 Å². The molecule has 0 aromatic heterocycles. The minimum Gasteiger partial charge on any atom is -0.508 e. The standard InChI is InChI=1S/C30H35N3O3/c1-4-29(35)33-13-12-27(25-17-22(10-11-28(25)33)16-21-8-6-5-7-9-21)32-30(36)26(31)18-24-19(2)14-23(34)15-20(24)3/h5-11,14-15,17,26-27,34H,4,12-13,16,18,31H2,1-3H3,(H,32,36)/t26-,27+/m0/s1. The van der Waals surface area contributed by atoms with Crippen molar-refractivity contribution in [2.24, 2.45) is 5.73 Å². The number of anilines is 1. The van der Waals surface area contributed by atoms with Gasteiger partial charge in [-0.15, -0.1) is 0 Å². The van der Waals surface area contributed by atoms with Gasteiger partial charge in [-0.25, -0.2) is 0 Å². The number of phenols is 1. The summed E-state index contributed by atoms with van der Waals surface area (Å²) in [6.45, 7) is 6.25. The maximum atomic E-state index is 13.2. The SMILES string of the molecule is CCC(=O)N1CC[C@@H](NC(=O)[C@@H](N)Cc2c(C)cc(O)cc2C)c2cc(Cc3ccccc3)ccc21. The van der Waals surface area contributed by atoms with Gasteiger partial charge in [0, 0.05) is 18.7 Å². The molecule has 1 aliphatic rings. The molecule has 0 radical (unpaired) electrons. The first-order valence-electron chi connectivity index (χ1n) is 12.6. The molecule has 0 saturated heterocycles. The first-order valence-corrected chi connectivity index (χ1v) is 12.6. The molecule has 2 amide bonds. The number of nitrogens with one attached hydrogen (secondary N) is 1. The van der Waals surface area contributed by atoms with Crippen molar-refractivity contribution in [3.63, 3.8) is 0 Å². The van der Waals surface area contributed by atoms with Crippen LogP contribution in [-0.4, -0.2) is 29.5 Å². The first-order chi connectivity index (χ1) is 17.3. The van der Waals surface area contributed by atoms with E-state index in [1.807, 2.05) is 49.9 Å². The summed E-state index contributed by atoms with van der Waals surface area (Å²) in [5, 5.41) is 13.0. The Morgan fingerprint density at radius 2 is 1.75 bits per heavy atom. The van der Waals surface area contributed by atoms with E-state index in [4.69, 9.17) is 5.73 Å². The lowest BCUT2D eigenvalue weighted by Gasteiger charge is -2.35. The summed E-state index contributed by atoms with van der Waals surface area (Å²) in [6, 6.07) is 18.9. The second kappa shape index (κ2) is 11.0. The van der Waals surface area contributed by atoms with Gasteiger partial charge in [-0.05, 0) is 84.7 Å². The van der Waals surface area contributed by atoms with Crippen molar-refractivity contribution < 1.29 is 14.7 Å². The Labute approximate surface area is 213 Å². The van der Waals surface area contributed by atoms with Crippen LogP contribution in [0, 0.1) is 13.8 Å². The Bertz CT molecular complexity index is 1230. The zero-order valence-corrected chi connectivity index (χ0v) is 21.3. The van der Waals surface area contributed by atoms with Crippen molar-refractivity contribution in [1.29, 1.82) is 0 Å². The van der Waals surface area contributed by atoms with Crippen LogP contribution in [0.15, 0.2) is 60.7 Å². The molecule has 0 spiro atoms. The Morgan fingerprint density at radius 3 is 2.42 bits per heavy atom. The van der Waals surface area contributed by atoms with Crippen LogP contribution in [0.5, 0.6) is 5.75 Å². The lowest BCUT2D eigenvalue weighted by Crippen LogP contribution is -2.46. The van der Waals surface area contributed by atoms with Crippen molar-refractivity contribution in [2.75, 3.05) is 11.4 Å². The van der Waals surface area contributed by atoms with Crippen LogP contribution in [0.2, 0.25) is 0 Å². The van der Waals surface area contributed by atoms with Gasteiger partial charge in [0.2, 0.25) is 11.8 Å². The molecule has 0 unspecified atom stereocenters. The summed E-state index contributed by atoms with van der Waals surface area (Å²) in [5.74, 6) is 0.0662.